The van der Waals surface area contributed by atoms with Crippen LogP contribution in [0.25, 0.3) is 0 Å². The predicted octanol–water partition coefficient (Wildman–Crippen LogP) is 2.84. The molecule has 1 aliphatic rings. The van der Waals surface area contributed by atoms with Gasteiger partial charge in [0.15, 0.2) is 6.29 Å². The molecule has 1 aromatic rings. The summed E-state index contributed by atoms with van der Waals surface area (Å²) in [7, 11) is -3.44. The van der Waals surface area contributed by atoms with E-state index in [0.29, 0.717) is 24.7 Å². The van der Waals surface area contributed by atoms with Crippen LogP contribution in [0.1, 0.15) is 38.7 Å². The fourth-order valence-corrected chi connectivity index (χ4v) is 3.97. The van der Waals surface area contributed by atoms with E-state index in [2.05, 4.69) is 18.6 Å². The van der Waals surface area contributed by atoms with E-state index in [9.17, 15) is 8.42 Å². The molecule has 2 rings (SSSR count). The van der Waals surface area contributed by atoms with Gasteiger partial charge in [0.25, 0.3) is 0 Å². The van der Waals surface area contributed by atoms with Crippen molar-refractivity contribution in [2.75, 3.05) is 19.8 Å². The minimum atomic E-state index is -3.44. The van der Waals surface area contributed by atoms with Crippen molar-refractivity contribution in [3.63, 3.8) is 0 Å². The Balaban J connectivity index is 1.86. The van der Waals surface area contributed by atoms with Crippen molar-refractivity contribution in [1.29, 1.82) is 0 Å². The Kier molecular flexibility index (Phi) is 6.19. The van der Waals surface area contributed by atoms with Gasteiger partial charge in [-0.3, -0.25) is 0 Å². The summed E-state index contributed by atoms with van der Waals surface area (Å²) in [5.74, 6) is 0. The summed E-state index contributed by atoms with van der Waals surface area (Å²) in [4.78, 5) is 0.318. The molecule has 0 radical (unpaired) electrons. The maximum Gasteiger partial charge on any atom is 0.240 e. The van der Waals surface area contributed by atoms with Crippen LogP contribution < -0.4 is 4.72 Å². The highest BCUT2D eigenvalue weighted by atomic mass is 32.2. The lowest BCUT2D eigenvalue weighted by Gasteiger charge is -2.33. The molecule has 0 bridgehead atoms. The molecule has 1 atom stereocenters. The van der Waals surface area contributed by atoms with Crippen LogP contribution in [0.5, 0.6) is 0 Å². The third-order valence-electron chi connectivity index (χ3n) is 4.52. The quantitative estimate of drug-likeness (QED) is 0.739. The summed E-state index contributed by atoms with van der Waals surface area (Å²) in [5, 5.41) is 0. The largest absolute Gasteiger partial charge is 0.350 e. The molecule has 130 valence electrons. The molecule has 0 aliphatic carbocycles. The van der Waals surface area contributed by atoms with Gasteiger partial charge in [-0.15, -0.1) is 0 Å². The molecule has 1 fully saturated rings. The van der Waals surface area contributed by atoms with E-state index in [1.54, 1.807) is 18.2 Å². The molecule has 23 heavy (non-hydrogen) atoms. The van der Waals surface area contributed by atoms with Crippen molar-refractivity contribution in [3.05, 3.63) is 29.8 Å². The lowest BCUT2D eigenvalue weighted by Crippen LogP contribution is -2.34. The van der Waals surface area contributed by atoms with Gasteiger partial charge in [-0.2, -0.15) is 0 Å². The first kappa shape index (κ1) is 18.4. The predicted molar refractivity (Wildman–Crippen MR) is 89.7 cm³/mol. The third-order valence-corrected chi connectivity index (χ3v) is 5.97. The van der Waals surface area contributed by atoms with E-state index < -0.39 is 10.0 Å². The number of ether oxygens (including phenoxy) is 2. The number of sulfonamides is 1. The number of hydrogen-bond acceptors (Lipinski definition) is 4. The first-order valence-electron chi connectivity index (χ1n) is 8.17. The summed E-state index contributed by atoms with van der Waals surface area (Å²) in [5.41, 5.74) is 0.854. The van der Waals surface area contributed by atoms with Crippen LogP contribution in [0, 0.1) is 12.3 Å². The van der Waals surface area contributed by atoms with Crippen molar-refractivity contribution in [2.45, 2.75) is 51.2 Å². The number of hydrogen-bond donors (Lipinski definition) is 1. The van der Waals surface area contributed by atoms with Crippen LogP contribution in [0.4, 0.5) is 0 Å². The van der Waals surface area contributed by atoms with Crippen LogP contribution in [0.2, 0.25) is 0 Å². The molecule has 1 heterocycles. The normalized spacial score (nSPS) is 18.9. The molecule has 1 aromatic carbocycles. The van der Waals surface area contributed by atoms with Crippen LogP contribution in [-0.4, -0.2) is 34.5 Å². The minimum absolute atomic E-state index is 0.0781. The molecule has 0 aromatic heterocycles. The van der Waals surface area contributed by atoms with Gasteiger partial charge in [-0.1, -0.05) is 26.0 Å². The second kappa shape index (κ2) is 7.75. The molecule has 1 aliphatic heterocycles. The zero-order valence-electron chi connectivity index (χ0n) is 14.2. The minimum Gasteiger partial charge on any atom is -0.350 e. The molecule has 6 heteroatoms. The van der Waals surface area contributed by atoms with E-state index in [1.807, 2.05) is 13.0 Å². The van der Waals surface area contributed by atoms with Crippen LogP contribution in [0.15, 0.2) is 29.2 Å². The van der Waals surface area contributed by atoms with Crippen molar-refractivity contribution in [2.24, 2.45) is 5.41 Å². The average Bonchev–Trinajstić information content (AvgIpc) is 3.06. The van der Waals surface area contributed by atoms with Gasteiger partial charge < -0.3 is 9.47 Å². The van der Waals surface area contributed by atoms with Gasteiger partial charge >= 0.3 is 0 Å². The Bertz CT molecular complexity index is 611. The topological polar surface area (TPSA) is 64.6 Å². The molecule has 0 unspecified atom stereocenters. The maximum absolute atomic E-state index is 12.3. The number of benzene rings is 1. The molecule has 0 amide bonds. The average molecular weight is 341 g/mol. The van der Waals surface area contributed by atoms with Crippen LogP contribution in [0.3, 0.4) is 0 Å². The fourth-order valence-electron chi connectivity index (χ4n) is 2.79. The zero-order valence-corrected chi connectivity index (χ0v) is 15.0. The van der Waals surface area contributed by atoms with Gasteiger partial charge in [-0.25, -0.2) is 13.1 Å². The number of rotatable bonds is 8. The summed E-state index contributed by atoms with van der Waals surface area (Å²) in [6, 6.07) is 6.94. The number of nitrogens with one attached hydrogen (secondary N) is 1. The Labute approximate surface area is 139 Å². The lowest BCUT2D eigenvalue weighted by atomic mass is 9.82. The van der Waals surface area contributed by atoms with Gasteiger partial charge in [-0.05, 0) is 43.9 Å². The van der Waals surface area contributed by atoms with Crippen LogP contribution >= 0.6 is 0 Å². The van der Waals surface area contributed by atoms with E-state index in [0.717, 1.165) is 24.8 Å². The molecule has 5 nitrogen and oxygen atoms in total. The van der Waals surface area contributed by atoms with Crippen LogP contribution in [-0.2, 0) is 19.5 Å². The van der Waals surface area contributed by atoms with E-state index in [4.69, 9.17) is 9.47 Å². The van der Waals surface area contributed by atoms with Gasteiger partial charge in [0.05, 0.1) is 18.1 Å². The van der Waals surface area contributed by atoms with E-state index in [-0.39, 0.29) is 11.7 Å². The standard InChI is InChI=1S/C17H27NO4S/c1-4-17(3,16-21-11-12-22-16)9-6-10-18-23(19,20)15-8-5-7-14(2)13-15/h5,7-8,13,16,18H,4,6,9-12H2,1-3H3/t17-/m1/s1. The summed E-state index contributed by atoms with van der Waals surface area (Å²) in [6.07, 6.45) is 2.35. The van der Waals surface area contributed by atoms with Crippen molar-refractivity contribution >= 4 is 10.0 Å². The van der Waals surface area contributed by atoms with Gasteiger partial charge in [0, 0.05) is 12.0 Å². The van der Waals surface area contributed by atoms with Crippen molar-refractivity contribution in [3.8, 4) is 0 Å². The molecule has 1 N–H and O–H groups in total. The van der Waals surface area contributed by atoms with Crippen molar-refractivity contribution < 1.29 is 17.9 Å². The van der Waals surface area contributed by atoms with E-state index in [1.165, 1.54) is 0 Å². The fraction of sp³-hybridized carbons (Fsp3) is 0.647. The second-order valence-electron chi connectivity index (χ2n) is 6.40. The van der Waals surface area contributed by atoms with Gasteiger partial charge in [0.2, 0.25) is 10.0 Å². The first-order valence-corrected chi connectivity index (χ1v) is 9.65. The second-order valence-corrected chi connectivity index (χ2v) is 8.17. The Hall–Kier alpha value is -0.950. The highest BCUT2D eigenvalue weighted by Gasteiger charge is 2.36. The van der Waals surface area contributed by atoms with Crippen molar-refractivity contribution in [1.82, 2.24) is 4.72 Å². The smallest absolute Gasteiger partial charge is 0.240 e. The lowest BCUT2D eigenvalue weighted by molar-refractivity contribution is -0.131. The zero-order chi connectivity index (χ0) is 16.9. The summed E-state index contributed by atoms with van der Waals surface area (Å²) >= 11 is 0. The number of aryl methyl sites for hydroxylation is 1. The van der Waals surface area contributed by atoms with E-state index >= 15 is 0 Å². The molecule has 0 saturated carbocycles. The Morgan fingerprint density at radius 2 is 2.00 bits per heavy atom. The highest BCUT2D eigenvalue weighted by Crippen LogP contribution is 2.35. The summed E-state index contributed by atoms with van der Waals surface area (Å²) < 4.78 is 38.5. The SMILES string of the molecule is CC[C@](C)(CCCNS(=O)(=O)c1cccc(C)c1)C1OCCO1. The Morgan fingerprint density at radius 1 is 1.30 bits per heavy atom. The third kappa shape index (κ3) is 4.76. The first-order chi connectivity index (χ1) is 10.9. The monoisotopic (exact) mass is 341 g/mol. The molecule has 0 spiro atoms. The molecular weight excluding hydrogens is 314 g/mol. The molecule has 1 saturated heterocycles. The highest BCUT2D eigenvalue weighted by molar-refractivity contribution is 7.89. The Morgan fingerprint density at radius 3 is 2.61 bits per heavy atom. The summed E-state index contributed by atoms with van der Waals surface area (Å²) in [6.45, 7) is 7.83. The van der Waals surface area contributed by atoms with Gasteiger partial charge in [0.1, 0.15) is 0 Å². The maximum atomic E-state index is 12.3. The molecular formula is C17H27NO4S.